The van der Waals surface area contributed by atoms with Crippen LogP contribution in [-0.2, 0) is 22.4 Å². The monoisotopic (exact) mass is 452 g/mol. The number of amides is 2. The van der Waals surface area contributed by atoms with E-state index in [4.69, 9.17) is 0 Å². The van der Waals surface area contributed by atoms with E-state index in [0.717, 1.165) is 48.1 Å². The van der Waals surface area contributed by atoms with Crippen LogP contribution in [0.3, 0.4) is 0 Å². The molecule has 34 heavy (non-hydrogen) atoms. The zero-order valence-electron chi connectivity index (χ0n) is 20.4. The second-order valence-corrected chi connectivity index (χ2v) is 8.94. The lowest BCUT2D eigenvalue weighted by atomic mass is 9.99. The third-order valence-corrected chi connectivity index (χ3v) is 6.52. The Labute approximate surface area is 202 Å². The minimum atomic E-state index is -0.334. The Morgan fingerprint density at radius 1 is 0.765 bits per heavy atom. The molecule has 0 unspecified atom stereocenters. The van der Waals surface area contributed by atoms with Crippen LogP contribution < -0.4 is 10.2 Å². The van der Waals surface area contributed by atoms with Gasteiger partial charge in [-0.2, -0.15) is 0 Å². The molecule has 3 aromatic carbocycles. The van der Waals surface area contributed by atoms with Crippen molar-refractivity contribution < 1.29 is 9.59 Å². The van der Waals surface area contributed by atoms with E-state index in [2.05, 4.69) is 19.2 Å². The Bertz CT molecular complexity index is 1240. The lowest BCUT2D eigenvalue weighted by Crippen LogP contribution is -2.32. The summed E-state index contributed by atoms with van der Waals surface area (Å²) in [6.07, 6.45) is 4.17. The summed E-state index contributed by atoms with van der Waals surface area (Å²) in [5.74, 6) is -0.638. The van der Waals surface area contributed by atoms with Gasteiger partial charge >= 0.3 is 0 Å². The maximum absolute atomic E-state index is 13.7. The number of nitrogens with zero attached hydrogens (tertiary/aromatic N) is 1. The number of carbonyl (C=O) groups is 2. The SMILES string of the molecule is CCCCc1ccc(N2C(=O)C(Nc3ccc(CC)cc3)=C(c3ccc(C)c(C)c3)C2=O)cc1. The number of aryl methyl sites for hydroxylation is 4. The largest absolute Gasteiger partial charge is 0.350 e. The molecule has 0 bridgehead atoms. The number of imide groups is 1. The quantitative estimate of drug-likeness (QED) is 0.392. The highest BCUT2D eigenvalue weighted by atomic mass is 16.2. The molecular weight excluding hydrogens is 420 g/mol. The van der Waals surface area contributed by atoms with Crippen LogP contribution in [0.5, 0.6) is 0 Å². The average molecular weight is 453 g/mol. The maximum atomic E-state index is 13.7. The first-order valence-corrected chi connectivity index (χ1v) is 12.1. The maximum Gasteiger partial charge on any atom is 0.282 e. The van der Waals surface area contributed by atoms with Crippen molar-refractivity contribution in [1.82, 2.24) is 0 Å². The molecule has 0 fully saturated rings. The molecule has 0 saturated heterocycles. The summed E-state index contributed by atoms with van der Waals surface area (Å²) in [5, 5.41) is 3.26. The minimum absolute atomic E-state index is 0.303. The van der Waals surface area contributed by atoms with Crippen LogP contribution >= 0.6 is 0 Å². The van der Waals surface area contributed by atoms with Crippen LogP contribution in [0.4, 0.5) is 11.4 Å². The Balaban J connectivity index is 1.74. The van der Waals surface area contributed by atoms with Crippen molar-refractivity contribution in [3.05, 3.63) is 100 Å². The van der Waals surface area contributed by atoms with Gasteiger partial charge in [0.15, 0.2) is 0 Å². The smallest absolute Gasteiger partial charge is 0.282 e. The molecule has 174 valence electrons. The summed E-state index contributed by atoms with van der Waals surface area (Å²) in [7, 11) is 0. The van der Waals surface area contributed by atoms with Crippen LogP contribution in [-0.4, -0.2) is 11.8 Å². The van der Waals surface area contributed by atoms with Gasteiger partial charge in [-0.15, -0.1) is 0 Å². The molecular formula is C30H32N2O2. The number of rotatable bonds is 8. The van der Waals surface area contributed by atoms with E-state index in [-0.39, 0.29) is 11.8 Å². The highest BCUT2D eigenvalue weighted by Crippen LogP contribution is 2.34. The minimum Gasteiger partial charge on any atom is -0.350 e. The molecule has 3 aromatic rings. The average Bonchev–Trinajstić information content (AvgIpc) is 3.09. The molecule has 0 saturated carbocycles. The first-order chi connectivity index (χ1) is 16.4. The van der Waals surface area contributed by atoms with Crippen LogP contribution in [0.2, 0.25) is 0 Å². The van der Waals surface area contributed by atoms with Crippen molar-refractivity contribution in [2.24, 2.45) is 0 Å². The van der Waals surface area contributed by atoms with Crippen LogP contribution in [0.25, 0.3) is 5.57 Å². The molecule has 0 aliphatic carbocycles. The van der Waals surface area contributed by atoms with Crippen LogP contribution in [0, 0.1) is 13.8 Å². The zero-order valence-corrected chi connectivity index (χ0v) is 20.4. The summed E-state index contributed by atoms with van der Waals surface area (Å²) in [4.78, 5) is 28.6. The van der Waals surface area contributed by atoms with Crippen molar-refractivity contribution in [3.8, 4) is 0 Å². The van der Waals surface area contributed by atoms with E-state index in [0.29, 0.717) is 17.0 Å². The van der Waals surface area contributed by atoms with E-state index in [1.165, 1.54) is 16.0 Å². The van der Waals surface area contributed by atoms with E-state index < -0.39 is 0 Å². The van der Waals surface area contributed by atoms with Crippen molar-refractivity contribution >= 4 is 28.8 Å². The normalized spacial score (nSPS) is 13.7. The third kappa shape index (κ3) is 4.67. The van der Waals surface area contributed by atoms with Gasteiger partial charge in [0, 0.05) is 5.69 Å². The fourth-order valence-corrected chi connectivity index (χ4v) is 4.21. The molecule has 0 aromatic heterocycles. The fraction of sp³-hybridized carbons (Fsp3) is 0.267. The highest BCUT2D eigenvalue weighted by molar-refractivity contribution is 6.46. The first kappa shape index (κ1) is 23.5. The fourth-order valence-electron chi connectivity index (χ4n) is 4.21. The van der Waals surface area contributed by atoms with Crippen molar-refractivity contribution in [2.75, 3.05) is 10.2 Å². The van der Waals surface area contributed by atoms with Gasteiger partial charge in [-0.25, -0.2) is 4.90 Å². The van der Waals surface area contributed by atoms with E-state index in [9.17, 15) is 9.59 Å². The second-order valence-electron chi connectivity index (χ2n) is 8.94. The Hall–Kier alpha value is -3.66. The topological polar surface area (TPSA) is 49.4 Å². The molecule has 4 heteroatoms. The van der Waals surface area contributed by atoms with Crippen molar-refractivity contribution in [3.63, 3.8) is 0 Å². The number of benzene rings is 3. The molecule has 0 spiro atoms. The summed E-state index contributed by atoms with van der Waals surface area (Å²) < 4.78 is 0. The number of unbranched alkanes of at least 4 members (excludes halogenated alkanes) is 1. The van der Waals surface area contributed by atoms with E-state index in [1.807, 2.05) is 80.6 Å². The number of hydrogen-bond acceptors (Lipinski definition) is 3. The summed E-state index contributed by atoms with van der Waals surface area (Å²) in [5.41, 5.74) is 7.49. The van der Waals surface area contributed by atoms with Crippen LogP contribution in [0.15, 0.2) is 72.4 Å². The first-order valence-electron chi connectivity index (χ1n) is 12.1. The molecule has 2 amide bonds. The number of anilines is 2. The van der Waals surface area contributed by atoms with Gasteiger partial charge in [-0.3, -0.25) is 9.59 Å². The van der Waals surface area contributed by atoms with Gasteiger partial charge in [0.1, 0.15) is 5.70 Å². The Kier molecular flexibility index (Phi) is 6.97. The standard InChI is InChI=1S/C30H32N2O2/c1-5-7-8-23-12-17-26(18-13-23)32-29(33)27(24-14-9-20(3)21(4)19-24)28(30(32)34)31-25-15-10-22(6-2)11-16-25/h9-19,31H,5-8H2,1-4H3. The Morgan fingerprint density at radius 2 is 1.44 bits per heavy atom. The number of carbonyl (C=O) groups excluding carboxylic acids is 2. The Morgan fingerprint density at radius 3 is 2.06 bits per heavy atom. The summed E-state index contributed by atoms with van der Waals surface area (Å²) >= 11 is 0. The predicted molar refractivity (Wildman–Crippen MR) is 140 cm³/mol. The molecule has 1 aliphatic heterocycles. The van der Waals surface area contributed by atoms with Gasteiger partial charge in [-0.1, -0.05) is 62.7 Å². The van der Waals surface area contributed by atoms with E-state index >= 15 is 0 Å². The molecule has 4 rings (SSSR count). The molecule has 1 heterocycles. The van der Waals surface area contributed by atoms with Gasteiger partial charge < -0.3 is 5.32 Å². The van der Waals surface area contributed by atoms with Crippen molar-refractivity contribution in [2.45, 2.75) is 53.4 Å². The van der Waals surface area contributed by atoms with Crippen LogP contribution in [0.1, 0.15) is 54.5 Å². The molecule has 0 radical (unpaired) electrons. The second kappa shape index (κ2) is 10.1. The predicted octanol–water partition coefficient (Wildman–Crippen LogP) is 6.61. The molecule has 1 aliphatic rings. The number of nitrogens with one attached hydrogen (secondary N) is 1. The molecule has 1 N–H and O–H groups in total. The summed E-state index contributed by atoms with van der Waals surface area (Å²) in [6, 6.07) is 21.6. The third-order valence-electron chi connectivity index (χ3n) is 6.52. The van der Waals surface area contributed by atoms with Gasteiger partial charge in [0.05, 0.1) is 11.3 Å². The summed E-state index contributed by atoms with van der Waals surface area (Å²) in [6.45, 7) is 8.33. The zero-order chi connectivity index (χ0) is 24.2. The van der Waals surface area contributed by atoms with Gasteiger partial charge in [0.25, 0.3) is 11.8 Å². The van der Waals surface area contributed by atoms with Gasteiger partial charge in [-0.05, 0) is 85.2 Å². The molecule has 0 atom stereocenters. The lowest BCUT2D eigenvalue weighted by molar-refractivity contribution is -0.120. The van der Waals surface area contributed by atoms with E-state index in [1.54, 1.807) is 0 Å². The van der Waals surface area contributed by atoms with Gasteiger partial charge in [0.2, 0.25) is 0 Å². The lowest BCUT2D eigenvalue weighted by Gasteiger charge is -2.16. The number of hydrogen-bond donors (Lipinski definition) is 1. The highest BCUT2D eigenvalue weighted by Gasteiger charge is 2.40. The van der Waals surface area contributed by atoms with Crippen molar-refractivity contribution in [1.29, 1.82) is 0 Å². The molecule has 4 nitrogen and oxygen atoms in total.